The summed E-state index contributed by atoms with van der Waals surface area (Å²) in [6.45, 7) is 3.40. The molecule has 1 fully saturated rings. The lowest BCUT2D eigenvalue weighted by molar-refractivity contribution is 0.566. The summed E-state index contributed by atoms with van der Waals surface area (Å²) in [5.41, 5.74) is 3.00. The topological polar surface area (TPSA) is 41.1 Å². The fraction of sp³-hybridized carbons (Fsp3) is 0.222. The molecule has 0 atom stereocenters. The molecule has 1 aliphatic heterocycles. The minimum atomic E-state index is -0.212. The smallest absolute Gasteiger partial charge is 0.147 e. The summed E-state index contributed by atoms with van der Waals surface area (Å²) in [5, 5.41) is 4.18. The van der Waals surface area contributed by atoms with Gasteiger partial charge in [-0.1, -0.05) is 22.0 Å². The van der Waals surface area contributed by atoms with Crippen molar-refractivity contribution >= 4 is 32.5 Å². The Kier molecular flexibility index (Phi) is 4.16. The molecule has 122 valence electrons. The molecular formula is C18H16BrFN4. The maximum absolute atomic E-state index is 14.7. The van der Waals surface area contributed by atoms with Crippen LogP contribution in [0, 0.1) is 5.82 Å². The summed E-state index contributed by atoms with van der Waals surface area (Å²) in [6, 6.07) is 11.2. The number of rotatable bonds is 2. The third-order valence-corrected chi connectivity index (χ3v) is 4.77. The monoisotopic (exact) mass is 386 g/mol. The predicted molar refractivity (Wildman–Crippen MR) is 97.7 cm³/mol. The third-order valence-electron chi connectivity index (χ3n) is 4.28. The zero-order chi connectivity index (χ0) is 16.5. The first-order valence-electron chi connectivity index (χ1n) is 7.88. The van der Waals surface area contributed by atoms with E-state index in [1.54, 1.807) is 6.07 Å². The van der Waals surface area contributed by atoms with E-state index in [4.69, 9.17) is 0 Å². The maximum atomic E-state index is 14.7. The van der Waals surface area contributed by atoms with E-state index < -0.39 is 0 Å². The third kappa shape index (κ3) is 2.87. The van der Waals surface area contributed by atoms with Crippen molar-refractivity contribution in [3.05, 3.63) is 53.0 Å². The molecule has 0 radical (unpaired) electrons. The van der Waals surface area contributed by atoms with Crippen molar-refractivity contribution in [2.75, 3.05) is 31.1 Å². The molecule has 3 aromatic rings. The van der Waals surface area contributed by atoms with Crippen LogP contribution in [0.2, 0.25) is 0 Å². The van der Waals surface area contributed by atoms with Crippen LogP contribution < -0.4 is 10.2 Å². The molecule has 1 N–H and O–H groups in total. The lowest BCUT2D eigenvalue weighted by Crippen LogP contribution is -2.43. The molecule has 0 spiro atoms. The van der Waals surface area contributed by atoms with Gasteiger partial charge in [-0.2, -0.15) is 0 Å². The van der Waals surface area contributed by atoms with Gasteiger partial charge >= 0.3 is 0 Å². The Morgan fingerprint density at radius 2 is 1.88 bits per heavy atom. The van der Waals surface area contributed by atoms with Crippen LogP contribution >= 0.6 is 15.9 Å². The Balaban J connectivity index is 1.77. The Labute approximate surface area is 147 Å². The Hall–Kier alpha value is -2.05. The van der Waals surface area contributed by atoms with Crippen molar-refractivity contribution in [2.24, 2.45) is 0 Å². The second-order valence-electron chi connectivity index (χ2n) is 5.79. The van der Waals surface area contributed by atoms with Crippen LogP contribution in [0.4, 0.5) is 10.1 Å². The summed E-state index contributed by atoms with van der Waals surface area (Å²) < 4.78 is 15.6. The lowest BCUT2D eigenvalue weighted by atomic mass is 10.1. The molecule has 0 unspecified atom stereocenters. The molecular weight excluding hydrogens is 371 g/mol. The number of halogens is 2. The van der Waals surface area contributed by atoms with Crippen LogP contribution in [0.3, 0.4) is 0 Å². The van der Waals surface area contributed by atoms with Gasteiger partial charge in [0.2, 0.25) is 0 Å². The van der Waals surface area contributed by atoms with Crippen LogP contribution in [0.1, 0.15) is 0 Å². The van der Waals surface area contributed by atoms with Crippen molar-refractivity contribution in [3.63, 3.8) is 0 Å². The maximum Gasteiger partial charge on any atom is 0.147 e. The molecule has 0 bridgehead atoms. The quantitative estimate of drug-likeness (QED) is 0.730. The Morgan fingerprint density at radius 3 is 2.67 bits per heavy atom. The summed E-state index contributed by atoms with van der Waals surface area (Å²) in [6.07, 6.45) is 1.52. The number of piperazine rings is 1. The minimum absolute atomic E-state index is 0.212. The lowest BCUT2D eigenvalue weighted by Gasteiger charge is -2.29. The van der Waals surface area contributed by atoms with E-state index in [-0.39, 0.29) is 5.82 Å². The van der Waals surface area contributed by atoms with Gasteiger partial charge in [0.05, 0.1) is 16.9 Å². The average molecular weight is 387 g/mol. The standard InChI is InChI=1S/C18H16BrFN4/c19-13-2-3-16-14(10-13)18(23-11-22-16)12-1-4-17(15(20)9-12)24-7-5-21-6-8-24/h1-4,9-11,21H,5-8H2. The van der Waals surface area contributed by atoms with Crippen molar-refractivity contribution in [3.8, 4) is 11.3 Å². The van der Waals surface area contributed by atoms with E-state index in [9.17, 15) is 4.39 Å². The van der Waals surface area contributed by atoms with Gasteiger partial charge in [0.15, 0.2) is 0 Å². The first-order valence-corrected chi connectivity index (χ1v) is 8.67. The van der Waals surface area contributed by atoms with E-state index >= 15 is 0 Å². The van der Waals surface area contributed by atoms with E-state index in [1.807, 2.05) is 30.3 Å². The van der Waals surface area contributed by atoms with E-state index in [0.29, 0.717) is 5.69 Å². The second kappa shape index (κ2) is 6.45. The number of benzene rings is 2. The fourth-order valence-electron chi connectivity index (χ4n) is 3.08. The van der Waals surface area contributed by atoms with Crippen LogP contribution in [-0.4, -0.2) is 36.1 Å². The number of fused-ring (bicyclic) bond motifs is 1. The summed E-state index contributed by atoms with van der Waals surface area (Å²) in [4.78, 5) is 10.7. The summed E-state index contributed by atoms with van der Waals surface area (Å²) >= 11 is 3.48. The molecule has 4 nitrogen and oxygen atoms in total. The van der Waals surface area contributed by atoms with Crippen molar-refractivity contribution in [2.45, 2.75) is 0 Å². The Bertz CT molecular complexity index is 893. The molecule has 0 aliphatic carbocycles. The first-order chi connectivity index (χ1) is 11.7. The average Bonchev–Trinajstić information content (AvgIpc) is 2.62. The van der Waals surface area contributed by atoms with Gasteiger partial charge in [-0.3, -0.25) is 0 Å². The predicted octanol–water partition coefficient (Wildman–Crippen LogP) is 3.61. The summed E-state index contributed by atoms with van der Waals surface area (Å²) in [7, 11) is 0. The number of hydrogen-bond donors (Lipinski definition) is 1. The van der Waals surface area contributed by atoms with Crippen LogP contribution in [-0.2, 0) is 0 Å². The van der Waals surface area contributed by atoms with Gasteiger partial charge in [-0.15, -0.1) is 0 Å². The zero-order valence-corrected chi connectivity index (χ0v) is 14.6. The fourth-order valence-corrected chi connectivity index (χ4v) is 3.44. The van der Waals surface area contributed by atoms with Gasteiger partial charge in [0.25, 0.3) is 0 Å². The molecule has 1 aliphatic rings. The molecule has 24 heavy (non-hydrogen) atoms. The highest BCUT2D eigenvalue weighted by molar-refractivity contribution is 9.10. The van der Waals surface area contributed by atoms with E-state index in [2.05, 4.69) is 36.1 Å². The van der Waals surface area contributed by atoms with Crippen LogP contribution in [0.15, 0.2) is 47.2 Å². The van der Waals surface area contributed by atoms with Crippen molar-refractivity contribution in [1.82, 2.24) is 15.3 Å². The van der Waals surface area contributed by atoms with Gasteiger partial charge < -0.3 is 10.2 Å². The molecule has 1 saturated heterocycles. The SMILES string of the molecule is Fc1cc(-c2ncnc3ccc(Br)cc23)ccc1N1CCNCC1. The Morgan fingerprint density at radius 1 is 1.04 bits per heavy atom. The number of nitrogens with zero attached hydrogens (tertiary/aromatic N) is 3. The molecule has 1 aromatic heterocycles. The van der Waals surface area contributed by atoms with Gasteiger partial charge in [-0.05, 0) is 30.3 Å². The second-order valence-corrected chi connectivity index (χ2v) is 6.70. The molecule has 4 rings (SSSR count). The van der Waals surface area contributed by atoms with Gasteiger partial charge in [0.1, 0.15) is 12.1 Å². The number of nitrogens with one attached hydrogen (secondary N) is 1. The molecule has 2 heterocycles. The zero-order valence-electron chi connectivity index (χ0n) is 13.0. The first kappa shape index (κ1) is 15.5. The van der Waals surface area contributed by atoms with Gasteiger partial charge in [-0.25, -0.2) is 14.4 Å². The highest BCUT2D eigenvalue weighted by Crippen LogP contribution is 2.30. The number of anilines is 1. The van der Waals surface area contributed by atoms with E-state index in [1.165, 1.54) is 6.33 Å². The highest BCUT2D eigenvalue weighted by atomic mass is 79.9. The largest absolute Gasteiger partial charge is 0.367 e. The van der Waals surface area contributed by atoms with Crippen molar-refractivity contribution in [1.29, 1.82) is 0 Å². The normalized spacial score (nSPS) is 15.0. The molecule has 6 heteroatoms. The molecule has 2 aromatic carbocycles. The minimum Gasteiger partial charge on any atom is -0.367 e. The van der Waals surface area contributed by atoms with Crippen LogP contribution in [0.25, 0.3) is 22.2 Å². The molecule has 0 saturated carbocycles. The van der Waals surface area contributed by atoms with Gasteiger partial charge in [0, 0.05) is 41.6 Å². The van der Waals surface area contributed by atoms with Crippen molar-refractivity contribution < 1.29 is 4.39 Å². The summed E-state index contributed by atoms with van der Waals surface area (Å²) in [5.74, 6) is -0.212. The highest BCUT2D eigenvalue weighted by Gasteiger charge is 2.16. The van der Waals surface area contributed by atoms with E-state index in [0.717, 1.165) is 52.8 Å². The number of aromatic nitrogens is 2. The van der Waals surface area contributed by atoms with Crippen LogP contribution in [0.5, 0.6) is 0 Å². The molecule has 0 amide bonds. The number of hydrogen-bond acceptors (Lipinski definition) is 4.